The molecule has 0 aliphatic carbocycles. The first-order valence-corrected chi connectivity index (χ1v) is 5.85. The van der Waals surface area contributed by atoms with Gasteiger partial charge < -0.3 is 0 Å². The summed E-state index contributed by atoms with van der Waals surface area (Å²) in [6.07, 6.45) is 0.939. The van der Waals surface area contributed by atoms with E-state index in [9.17, 15) is 0 Å². The highest BCUT2D eigenvalue weighted by Crippen LogP contribution is 2.26. The second-order valence-electron chi connectivity index (χ2n) is 4.52. The van der Waals surface area contributed by atoms with E-state index >= 15 is 0 Å². The van der Waals surface area contributed by atoms with Gasteiger partial charge in [-0.15, -0.1) is 0 Å². The summed E-state index contributed by atoms with van der Waals surface area (Å²) < 4.78 is 0. The van der Waals surface area contributed by atoms with Crippen molar-refractivity contribution in [3.8, 4) is 18.2 Å². The summed E-state index contributed by atoms with van der Waals surface area (Å²) in [5, 5.41) is 26.7. The van der Waals surface area contributed by atoms with Gasteiger partial charge in [0.2, 0.25) is 0 Å². The summed E-state index contributed by atoms with van der Waals surface area (Å²) in [4.78, 5) is 6.08. The van der Waals surface area contributed by atoms with E-state index in [4.69, 9.17) is 15.8 Å². The molecular formula is C12H18N6. The lowest BCUT2D eigenvalue weighted by Gasteiger charge is -2.53. The van der Waals surface area contributed by atoms with Crippen molar-refractivity contribution in [3.63, 3.8) is 0 Å². The Kier molecular flexibility index (Phi) is 5.07. The fourth-order valence-corrected chi connectivity index (χ4v) is 2.57. The van der Waals surface area contributed by atoms with Crippen LogP contribution in [0, 0.1) is 34.0 Å². The van der Waals surface area contributed by atoms with Crippen LogP contribution in [0.2, 0.25) is 0 Å². The van der Waals surface area contributed by atoms with Crippen molar-refractivity contribution in [1.82, 2.24) is 14.7 Å². The van der Waals surface area contributed by atoms with E-state index in [1.54, 1.807) is 0 Å². The summed E-state index contributed by atoms with van der Waals surface area (Å²) in [5.74, 6) is 0. The van der Waals surface area contributed by atoms with Gasteiger partial charge in [0, 0.05) is 0 Å². The van der Waals surface area contributed by atoms with Crippen molar-refractivity contribution in [1.29, 1.82) is 15.8 Å². The summed E-state index contributed by atoms with van der Waals surface area (Å²) in [7, 11) is 5.75. The topological polar surface area (TPSA) is 81.1 Å². The maximum atomic E-state index is 8.91. The summed E-state index contributed by atoms with van der Waals surface area (Å²) in [6.45, 7) is 0. The number of rotatable bonds is 3. The van der Waals surface area contributed by atoms with E-state index in [-0.39, 0.29) is 18.5 Å². The monoisotopic (exact) mass is 246 g/mol. The van der Waals surface area contributed by atoms with Gasteiger partial charge in [-0.2, -0.15) is 15.8 Å². The lowest BCUT2D eigenvalue weighted by molar-refractivity contribution is -0.138. The molecular weight excluding hydrogens is 228 g/mol. The molecule has 0 atom stereocenters. The van der Waals surface area contributed by atoms with Gasteiger partial charge in [-0.3, -0.25) is 14.7 Å². The SMILES string of the molecule is CN1C(CC#N)N(C)C(CC#N)N(C)C1CC#N. The fraction of sp³-hybridized carbons (Fsp3) is 0.750. The quantitative estimate of drug-likeness (QED) is 0.722. The maximum Gasteiger partial charge on any atom is 0.0776 e. The lowest BCUT2D eigenvalue weighted by Crippen LogP contribution is -2.67. The van der Waals surface area contributed by atoms with Crippen molar-refractivity contribution >= 4 is 0 Å². The molecule has 0 saturated carbocycles. The third-order valence-corrected chi connectivity index (χ3v) is 3.64. The van der Waals surface area contributed by atoms with Gasteiger partial charge in [0.05, 0.1) is 56.0 Å². The molecule has 0 aromatic heterocycles. The average molecular weight is 246 g/mol. The summed E-state index contributed by atoms with van der Waals surface area (Å²) >= 11 is 0. The minimum absolute atomic E-state index is 0.0529. The minimum Gasteiger partial charge on any atom is -0.273 e. The Morgan fingerprint density at radius 3 is 1.06 bits per heavy atom. The Hall–Kier alpha value is -1.65. The van der Waals surface area contributed by atoms with Crippen LogP contribution in [-0.4, -0.2) is 54.3 Å². The van der Waals surface area contributed by atoms with E-state index in [0.717, 1.165) is 0 Å². The predicted molar refractivity (Wildman–Crippen MR) is 65.3 cm³/mol. The highest BCUT2D eigenvalue weighted by atomic mass is 15.5. The molecule has 6 nitrogen and oxygen atoms in total. The zero-order valence-electron chi connectivity index (χ0n) is 11.0. The van der Waals surface area contributed by atoms with E-state index in [1.165, 1.54) is 0 Å². The number of hydrogen-bond donors (Lipinski definition) is 0. The Labute approximate surface area is 108 Å². The Morgan fingerprint density at radius 1 is 0.667 bits per heavy atom. The normalized spacial score (nSPS) is 30.3. The van der Waals surface area contributed by atoms with Crippen molar-refractivity contribution < 1.29 is 0 Å². The van der Waals surface area contributed by atoms with Crippen LogP contribution in [-0.2, 0) is 0 Å². The first-order valence-electron chi connectivity index (χ1n) is 5.85. The second kappa shape index (κ2) is 6.33. The molecule has 1 heterocycles. The molecule has 0 radical (unpaired) electrons. The standard InChI is InChI=1S/C12H18N6/c1-16-10(4-7-13)17(2)12(6-9-15)18(3)11(16)5-8-14/h10-12H,4-6H2,1-3H3. The number of nitriles is 3. The Morgan fingerprint density at radius 2 is 0.889 bits per heavy atom. The predicted octanol–water partition coefficient (Wildman–Crippen LogP) is 0.515. The number of nitrogens with zero attached hydrogens (tertiary/aromatic N) is 6. The van der Waals surface area contributed by atoms with Crippen LogP contribution in [0.25, 0.3) is 0 Å². The second-order valence-corrected chi connectivity index (χ2v) is 4.52. The van der Waals surface area contributed by atoms with Crippen molar-refractivity contribution in [3.05, 3.63) is 0 Å². The van der Waals surface area contributed by atoms with Gasteiger partial charge in [-0.05, 0) is 21.1 Å². The van der Waals surface area contributed by atoms with Crippen LogP contribution < -0.4 is 0 Å². The third-order valence-electron chi connectivity index (χ3n) is 3.64. The van der Waals surface area contributed by atoms with Crippen molar-refractivity contribution in [2.45, 2.75) is 37.8 Å². The van der Waals surface area contributed by atoms with Crippen molar-refractivity contribution in [2.24, 2.45) is 0 Å². The van der Waals surface area contributed by atoms with Gasteiger partial charge in [0.1, 0.15) is 0 Å². The largest absolute Gasteiger partial charge is 0.273 e. The smallest absolute Gasteiger partial charge is 0.0776 e. The van der Waals surface area contributed by atoms with Gasteiger partial charge >= 0.3 is 0 Å². The van der Waals surface area contributed by atoms with Crippen molar-refractivity contribution in [2.75, 3.05) is 21.1 Å². The van der Waals surface area contributed by atoms with Gasteiger partial charge in [-0.1, -0.05) is 0 Å². The fourth-order valence-electron chi connectivity index (χ4n) is 2.57. The minimum atomic E-state index is -0.0529. The lowest BCUT2D eigenvalue weighted by atomic mass is 10.1. The summed E-state index contributed by atoms with van der Waals surface area (Å²) in [6, 6.07) is 6.51. The Balaban J connectivity index is 2.99. The van der Waals surface area contributed by atoms with Gasteiger partial charge in [0.15, 0.2) is 0 Å². The van der Waals surface area contributed by atoms with Crippen LogP contribution in [0.3, 0.4) is 0 Å². The van der Waals surface area contributed by atoms with Crippen LogP contribution in [0.4, 0.5) is 0 Å². The van der Waals surface area contributed by atoms with Gasteiger partial charge in [0.25, 0.3) is 0 Å². The zero-order chi connectivity index (χ0) is 13.7. The molecule has 0 amide bonds. The molecule has 1 saturated heterocycles. The molecule has 6 heteroatoms. The van der Waals surface area contributed by atoms with Crippen LogP contribution in [0.15, 0.2) is 0 Å². The molecule has 0 spiro atoms. The molecule has 0 unspecified atom stereocenters. The first-order chi connectivity index (χ1) is 8.58. The molecule has 0 N–H and O–H groups in total. The molecule has 0 bridgehead atoms. The highest BCUT2D eigenvalue weighted by Gasteiger charge is 2.40. The molecule has 1 aliphatic heterocycles. The molecule has 1 rings (SSSR count). The zero-order valence-corrected chi connectivity index (χ0v) is 11.0. The number of hydrogen-bond acceptors (Lipinski definition) is 6. The molecule has 0 aromatic carbocycles. The van der Waals surface area contributed by atoms with E-state index in [2.05, 4.69) is 18.2 Å². The summed E-state index contributed by atoms with van der Waals surface area (Å²) in [5.41, 5.74) is 0. The maximum absolute atomic E-state index is 8.91. The van der Waals surface area contributed by atoms with Crippen LogP contribution >= 0.6 is 0 Å². The van der Waals surface area contributed by atoms with E-state index < -0.39 is 0 Å². The molecule has 1 aliphatic rings. The third kappa shape index (κ3) is 2.60. The molecule has 0 aromatic rings. The highest BCUT2D eigenvalue weighted by molar-refractivity contribution is 4.96. The van der Waals surface area contributed by atoms with E-state index in [1.807, 2.05) is 35.8 Å². The van der Waals surface area contributed by atoms with Gasteiger partial charge in [-0.25, -0.2) is 0 Å². The average Bonchev–Trinajstić information content (AvgIpc) is 2.35. The first kappa shape index (κ1) is 14.4. The van der Waals surface area contributed by atoms with Crippen LogP contribution in [0.1, 0.15) is 19.3 Å². The molecule has 1 fully saturated rings. The molecule has 18 heavy (non-hydrogen) atoms. The van der Waals surface area contributed by atoms with E-state index in [0.29, 0.717) is 19.3 Å². The Bertz CT molecular complexity index is 326. The molecule has 96 valence electrons. The van der Waals surface area contributed by atoms with Crippen LogP contribution in [0.5, 0.6) is 0 Å².